The highest BCUT2D eigenvalue weighted by atomic mass is 79.9. The first kappa shape index (κ1) is 14.2. The molecule has 2 N–H and O–H groups in total. The van der Waals surface area contributed by atoms with Crippen molar-refractivity contribution in [2.75, 3.05) is 6.61 Å². The van der Waals surface area contributed by atoms with Gasteiger partial charge in [-0.2, -0.15) is 0 Å². The second-order valence-electron chi connectivity index (χ2n) is 5.04. The van der Waals surface area contributed by atoms with Gasteiger partial charge in [-0.05, 0) is 33.8 Å². The fraction of sp³-hybridized carbons (Fsp3) is 0.667. The normalized spacial score (nSPS) is 14.1. The van der Waals surface area contributed by atoms with E-state index in [1.54, 1.807) is 11.3 Å². The summed E-state index contributed by atoms with van der Waals surface area (Å²) >= 11 is 5.20. The van der Waals surface area contributed by atoms with Crippen LogP contribution < -0.4 is 5.32 Å². The van der Waals surface area contributed by atoms with Crippen LogP contribution >= 0.6 is 27.3 Å². The van der Waals surface area contributed by atoms with Gasteiger partial charge in [0.2, 0.25) is 0 Å². The van der Waals surface area contributed by atoms with E-state index >= 15 is 0 Å². The average Bonchev–Trinajstić information content (AvgIpc) is 2.57. The van der Waals surface area contributed by atoms with Gasteiger partial charge in [0.1, 0.15) is 0 Å². The van der Waals surface area contributed by atoms with Crippen LogP contribution in [0, 0.1) is 5.41 Å². The molecular weight excluding hydrogens is 286 g/mol. The molecule has 0 amide bonds. The summed E-state index contributed by atoms with van der Waals surface area (Å²) in [6.45, 7) is 7.71. The Balaban J connectivity index is 2.50. The molecular formula is C12H20BrNOS. The Bertz CT molecular complexity index is 319. The molecule has 92 valence electrons. The fourth-order valence-corrected chi connectivity index (χ4v) is 3.04. The Morgan fingerprint density at radius 2 is 2.19 bits per heavy atom. The molecule has 0 aromatic carbocycles. The van der Waals surface area contributed by atoms with Crippen LogP contribution in [0.25, 0.3) is 0 Å². The summed E-state index contributed by atoms with van der Waals surface area (Å²) in [5.74, 6) is 0. The number of thiophene rings is 1. The number of aliphatic hydroxyl groups is 1. The van der Waals surface area contributed by atoms with Gasteiger partial charge in [-0.3, -0.25) is 0 Å². The summed E-state index contributed by atoms with van der Waals surface area (Å²) in [7, 11) is 0. The van der Waals surface area contributed by atoms with Gasteiger partial charge in [-0.15, -0.1) is 11.3 Å². The maximum absolute atomic E-state index is 9.06. The van der Waals surface area contributed by atoms with Crippen molar-refractivity contribution in [3.63, 3.8) is 0 Å². The third kappa shape index (κ3) is 4.53. The van der Waals surface area contributed by atoms with Crippen LogP contribution in [-0.2, 0) is 6.54 Å². The standard InChI is InChI=1S/C12H20BrNOS/c1-12(2,3)11(4-5-15)14-7-10-6-9(13)8-16-10/h6,8,11,14-15H,4-5,7H2,1-3H3. The molecule has 16 heavy (non-hydrogen) atoms. The Morgan fingerprint density at radius 1 is 1.50 bits per heavy atom. The third-order valence-corrected chi connectivity index (χ3v) is 4.31. The Morgan fingerprint density at radius 3 is 2.62 bits per heavy atom. The lowest BCUT2D eigenvalue weighted by molar-refractivity contribution is 0.197. The predicted molar refractivity (Wildman–Crippen MR) is 73.8 cm³/mol. The molecule has 1 aromatic rings. The average molecular weight is 306 g/mol. The van der Waals surface area contributed by atoms with Gasteiger partial charge in [0.05, 0.1) is 0 Å². The van der Waals surface area contributed by atoms with Crippen molar-refractivity contribution < 1.29 is 5.11 Å². The van der Waals surface area contributed by atoms with Gasteiger partial charge in [0.25, 0.3) is 0 Å². The summed E-state index contributed by atoms with van der Waals surface area (Å²) in [6, 6.07) is 2.48. The molecule has 0 saturated heterocycles. The van der Waals surface area contributed by atoms with E-state index in [2.05, 4.69) is 53.5 Å². The van der Waals surface area contributed by atoms with Crippen molar-refractivity contribution >= 4 is 27.3 Å². The van der Waals surface area contributed by atoms with Gasteiger partial charge in [0, 0.05) is 33.9 Å². The molecule has 2 nitrogen and oxygen atoms in total. The van der Waals surface area contributed by atoms with E-state index in [4.69, 9.17) is 5.11 Å². The van der Waals surface area contributed by atoms with Crippen LogP contribution in [0.3, 0.4) is 0 Å². The van der Waals surface area contributed by atoms with Crippen LogP contribution in [0.2, 0.25) is 0 Å². The predicted octanol–water partition coefficient (Wildman–Crippen LogP) is 3.40. The van der Waals surface area contributed by atoms with Gasteiger partial charge in [-0.25, -0.2) is 0 Å². The summed E-state index contributed by atoms with van der Waals surface area (Å²) in [5.41, 5.74) is 0.178. The second-order valence-corrected chi connectivity index (χ2v) is 6.95. The van der Waals surface area contributed by atoms with E-state index < -0.39 is 0 Å². The Labute approximate surface area is 110 Å². The highest BCUT2D eigenvalue weighted by molar-refractivity contribution is 9.10. The molecule has 0 saturated carbocycles. The van der Waals surface area contributed by atoms with Crippen molar-refractivity contribution in [1.29, 1.82) is 0 Å². The third-order valence-electron chi connectivity index (χ3n) is 2.61. The van der Waals surface area contributed by atoms with Crippen molar-refractivity contribution in [1.82, 2.24) is 5.32 Å². The Hall–Kier alpha value is 0.1000. The van der Waals surface area contributed by atoms with Crippen molar-refractivity contribution in [2.45, 2.75) is 39.8 Å². The number of hydrogen-bond donors (Lipinski definition) is 2. The summed E-state index contributed by atoms with van der Waals surface area (Å²) in [4.78, 5) is 1.32. The lowest BCUT2D eigenvalue weighted by Crippen LogP contribution is -2.40. The lowest BCUT2D eigenvalue weighted by Gasteiger charge is -2.31. The zero-order chi connectivity index (χ0) is 12.2. The molecule has 0 fully saturated rings. The number of aliphatic hydroxyl groups excluding tert-OH is 1. The minimum absolute atomic E-state index is 0.178. The number of rotatable bonds is 5. The van der Waals surface area contributed by atoms with Crippen LogP contribution in [-0.4, -0.2) is 17.8 Å². The van der Waals surface area contributed by atoms with Gasteiger partial charge < -0.3 is 10.4 Å². The fourth-order valence-electron chi connectivity index (χ4n) is 1.64. The Kier molecular flexibility index (Phi) is 5.44. The molecule has 1 aromatic heterocycles. The summed E-state index contributed by atoms with van der Waals surface area (Å²) in [5, 5.41) is 14.7. The van der Waals surface area contributed by atoms with Crippen molar-refractivity contribution in [3.05, 3.63) is 20.8 Å². The number of hydrogen-bond acceptors (Lipinski definition) is 3. The molecule has 4 heteroatoms. The van der Waals surface area contributed by atoms with E-state index in [1.807, 2.05) is 0 Å². The molecule has 1 atom stereocenters. The SMILES string of the molecule is CC(C)(C)C(CCO)NCc1cc(Br)cs1. The van der Waals surface area contributed by atoms with Crippen molar-refractivity contribution in [2.24, 2.45) is 5.41 Å². The van der Waals surface area contributed by atoms with Gasteiger partial charge in [-0.1, -0.05) is 20.8 Å². The first-order valence-electron chi connectivity index (χ1n) is 5.50. The van der Waals surface area contributed by atoms with Crippen LogP contribution in [0.5, 0.6) is 0 Å². The number of nitrogens with one attached hydrogen (secondary N) is 1. The second kappa shape index (κ2) is 6.15. The van der Waals surface area contributed by atoms with E-state index in [-0.39, 0.29) is 12.0 Å². The summed E-state index contributed by atoms with van der Waals surface area (Å²) < 4.78 is 1.14. The first-order valence-corrected chi connectivity index (χ1v) is 7.18. The van der Waals surface area contributed by atoms with Crippen molar-refractivity contribution in [3.8, 4) is 0 Å². The lowest BCUT2D eigenvalue weighted by atomic mass is 9.85. The molecule has 0 radical (unpaired) electrons. The smallest absolute Gasteiger partial charge is 0.0446 e. The van der Waals surface area contributed by atoms with Crippen LogP contribution in [0.15, 0.2) is 15.9 Å². The quantitative estimate of drug-likeness (QED) is 0.874. The van der Waals surface area contributed by atoms with E-state index in [0.29, 0.717) is 6.04 Å². The molecule has 1 rings (SSSR count). The van der Waals surface area contributed by atoms with Gasteiger partial charge >= 0.3 is 0 Å². The number of halogens is 1. The molecule has 0 aliphatic rings. The first-order chi connectivity index (χ1) is 7.43. The largest absolute Gasteiger partial charge is 0.396 e. The van der Waals surface area contributed by atoms with E-state index in [9.17, 15) is 0 Å². The van der Waals surface area contributed by atoms with E-state index in [0.717, 1.165) is 17.4 Å². The molecule has 0 aliphatic carbocycles. The molecule has 0 aliphatic heterocycles. The zero-order valence-electron chi connectivity index (χ0n) is 10.1. The zero-order valence-corrected chi connectivity index (χ0v) is 12.5. The minimum atomic E-state index is 0.178. The van der Waals surface area contributed by atoms with E-state index in [1.165, 1.54) is 4.88 Å². The molecule has 0 bridgehead atoms. The maximum atomic E-state index is 9.06. The maximum Gasteiger partial charge on any atom is 0.0446 e. The monoisotopic (exact) mass is 305 g/mol. The molecule has 1 unspecified atom stereocenters. The minimum Gasteiger partial charge on any atom is -0.396 e. The highest BCUT2D eigenvalue weighted by Gasteiger charge is 2.23. The van der Waals surface area contributed by atoms with Crippen LogP contribution in [0.4, 0.5) is 0 Å². The molecule has 1 heterocycles. The summed E-state index contributed by atoms with van der Waals surface area (Å²) in [6.07, 6.45) is 0.802. The van der Waals surface area contributed by atoms with Gasteiger partial charge in [0.15, 0.2) is 0 Å². The topological polar surface area (TPSA) is 32.3 Å². The molecule has 0 spiro atoms. The highest BCUT2D eigenvalue weighted by Crippen LogP contribution is 2.24. The van der Waals surface area contributed by atoms with Crippen LogP contribution in [0.1, 0.15) is 32.1 Å².